The number of anilines is 1. The summed E-state index contributed by atoms with van der Waals surface area (Å²) in [5, 5.41) is 2.81. The van der Waals surface area contributed by atoms with Crippen LogP contribution in [0.1, 0.15) is 30.0 Å². The fourth-order valence-electron chi connectivity index (χ4n) is 3.25. The van der Waals surface area contributed by atoms with Crippen molar-refractivity contribution in [3.63, 3.8) is 0 Å². The maximum atomic E-state index is 12.3. The number of carbonyl (C=O) groups is 2. The van der Waals surface area contributed by atoms with Gasteiger partial charge in [-0.05, 0) is 73.2 Å². The number of hydrogen-bond donors (Lipinski definition) is 1. The van der Waals surface area contributed by atoms with Crippen molar-refractivity contribution in [3.8, 4) is 11.5 Å². The van der Waals surface area contributed by atoms with Gasteiger partial charge in [0.25, 0.3) is 5.91 Å². The molecule has 6 nitrogen and oxygen atoms in total. The zero-order valence-corrected chi connectivity index (χ0v) is 16.9. The zero-order valence-electron chi connectivity index (χ0n) is 16.9. The van der Waals surface area contributed by atoms with Gasteiger partial charge in [-0.15, -0.1) is 0 Å². The van der Waals surface area contributed by atoms with Gasteiger partial charge >= 0.3 is 5.97 Å². The highest BCUT2D eigenvalue weighted by Crippen LogP contribution is 2.25. The average Bonchev–Trinajstić information content (AvgIpc) is 3.19. The van der Waals surface area contributed by atoms with Gasteiger partial charge in [-0.3, -0.25) is 4.79 Å². The Bertz CT molecular complexity index is 913. The summed E-state index contributed by atoms with van der Waals surface area (Å²) in [7, 11) is 3.11. The first kappa shape index (κ1) is 20.5. The molecular formula is C23H25NO5. The van der Waals surface area contributed by atoms with E-state index in [2.05, 4.69) is 5.32 Å². The number of aryl methyl sites for hydroxylation is 2. The van der Waals surface area contributed by atoms with Crippen LogP contribution in [0.2, 0.25) is 0 Å². The van der Waals surface area contributed by atoms with E-state index < -0.39 is 12.1 Å². The Morgan fingerprint density at radius 3 is 2.38 bits per heavy atom. The van der Waals surface area contributed by atoms with Crippen molar-refractivity contribution in [2.24, 2.45) is 0 Å². The van der Waals surface area contributed by atoms with E-state index in [1.165, 1.54) is 17.2 Å². The molecular weight excluding hydrogens is 370 g/mol. The highest BCUT2D eigenvalue weighted by atomic mass is 16.5. The first-order valence-electron chi connectivity index (χ1n) is 9.53. The third-order valence-corrected chi connectivity index (χ3v) is 4.81. The van der Waals surface area contributed by atoms with E-state index in [1.54, 1.807) is 45.4 Å². The van der Waals surface area contributed by atoms with E-state index in [1.807, 2.05) is 18.2 Å². The molecule has 6 heteroatoms. The third-order valence-electron chi connectivity index (χ3n) is 4.81. The number of amides is 1. The number of nitrogens with one attached hydrogen (secondary N) is 1. The summed E-state index contributed by atoms with van der Waals surface area (Å²) in [5.41, 5.74) is 4.04. The molecule has 1 atom stereocenters. The first-order valence-corrected chi connectivity index (χ1v) is 9.53. The van der Waals surface area contributed by atoms with Gasteiger partial charge < -0.3 is 19.5 Å². The van der Waals surface area contributed by atoms with E-state index in [4.69, 9.17) is 14.2 Å². The molecule has 0 aromatic heterocycles. The molecule has 29 heavy (non-hydrogen) atoms. The first-order chi connectivity index (χ1) is 14.0. The summed E-state index contributed by atoms with van der Waals surface area (Å²) >= 11 is 0. The van der Waals surface area contributed by atoms with Crippen molar-refractivity contribution in [2.75, 3.05) is 19.5 Å². The van der Waals surface area contributed by atoms with Gasteiger partial charge in [-0.25, -0.2) is 4.79 Å². The molecule has 1 aliphatic carbocycles. The van der Waals surface area contributed by atoms with Gasteiger partial charge in [0, 0.05) is 17.8 Å². The van der Waals surface area contributed by atoms with Gasteiger partial charge in [0.05, 0.1) is 14.2 Å². The molecule has 0 radical (unpaired) electrons. The van der Waals surface area contributed by atoms with Crippen LogP contribution in [-0.2, 0) is 27.2 Å². The minimum Gasteiger partial charge on any atom is -0.497 e. The van der Waals surface area contributed by atoms with Crippen LogP contribution in [0.25, 0.3) is 6.08 Å². The lowest BCUT2D eigenvalue weighted by Crippen LogP contribution is -2.29. The Labute approximate surface area is 170 Å². The molecule has 0 bridgehead atoms. The molecule has 1 N–H and O–H groups in total. The molecule has 0 heterocycles. The Morgan fingerprint density at radius 1 is 1.00 bits per heavy atom. The molecule has 152 valence electrons. The number of esters is 1. The fourth-order valence-corrected chi connectivity index (χ4v) is 3.25. The van der Waals surface area contributed by atoms with Crippen molar-refractivity contribution in [2.45, 2.75) is 32.3 Å². The van der Waals surface area contributed by atoms with Crippen molar-refractivity contribution in [1.82, 2.24) is 0 Å². The maximum absolute atomic E-state index is 12.3. The quantitative estimate of drug-likeness (QED) is 0.571. The van der Waals surface area contributed by atoms with Gasteiger partial charge in [0.1, 0.15) is 11.5 Å². The molecule has 0 unspecified atom stereocenters. The molecule has 0 fully saturated rings. The third kappa shape index (κ3) is 5.38. The molecule has 2 aromatic rings. The summed E-state index contributed by atoms with van der Waals surface area (Å²) in [4.78, 5) is 24.4. The number of methoxy groups -OCH3 is 2. The number of rotatable bonds is 7. The second-order valence-electron chi connectivity index (χ2n) is 6.88. The molecule has 0 aliphatic heterocycles. The van der Waals surface area contributed by atoms with Crippen LogP contribution in [0.4, 0.5) is 5.69 Å². The van der Waals surface area contributed by atoms with Crippen LogP contribution in [-0.4, -0.2) is 32.2 Å². The molecule has 1 amide bonds. The van der Waals surface area contributed by atoms with Crippen LogP contribution < -0.4 is 14.8 Å². The molecule has 0 saturated heterocycles. The summed E-state index contributed by atoms with van der Waals surface area (Å²) in [6.07, 6.45) is 5.20. The van der Waals surface area contributed by atoms with Crippen LogP contribution in [0.15, 0.2) is 42.5 Å². The van der Waals surface area contributed by atoms with Crippen LogP contribution in [0, 0.1) is 0 Å². The largest absolute Gasteiger partial charge is 0.497 e. The summed E-state index contributed by atoms with van der Waals surface area (Å²) in [6.45, 7) is 1.54. The molecule has 2 aromatic carbocycles. The fraction of sp³-hybridized carbons (Fsp3) is 0.304. The minimum absolute atomic E-state index is 0.368. The molecule has 3 rings (SSSR count). The van der Waals surface area contributed by atoms with Crippen molar-refractivity contribution < 1.29 is 23.8 Å². The minimum atomic E-state index is -0.916. The highest BCUT2D eigenvalue weighted by molar-refractivity contribution is 5.96. The van der Waals surface area contributed by atoms with Crippen molar-refractivity contribution in [1.29, 1.82) is 0 Å². The monoisotopic (exact) mass is 395 g/mol. The van der Waals surface area contributed by atoms with E-state index in [9.17, 15) is 9.59 Å². The van der Waals surface area contributed by atoms with E-state index in [0.29, 0.717) is 17.1 Å². The normalized spacial score (nSPS) is 13.6. The predicted octanol–water partition coefficient (Wildman–Crippen LogP) is 3.78. The van der Waals surface area contributed by atoms with Gasteiger partial charge in [-0.1, -0.05) is 6.07 Å². The predicted molar refractivity (Wildman–Crippen MR) is 111 cm³/mol. The summed E-state index contributed by atoms with van der Waals surface area (Å²) < 4.78 is 15.6. The topological polar surface area (TPSA) is 73.9 Å². The number of ether oxygens (including phenoxy) is 3. The average molecular weight is 395 g/mol. The number of fused-ring (bicyclic) bond motifs is 1. The van der Waals surface area contributed by atoms with Gasteiger partial charge in [-0.2, -0.15) is 0 Å². The lowest BCUT2D eigenvalue weighted by atomic mass is 10.1. The lowest BCUT2D eigenvalue weighted by molar-refractivity contribution is -0.148. The highest BCUT2D eigenvalue weighted by Gasteiger charge is 2.18. The smallest absolute Gasteiger partial charge is 0.331 e. The van der Waals surface area contributed by atoms with Crippen LogP contribution in [0.3, 0.4) is 0 Å². The van der Waals surface area contributed by atoms with Crippen LogP contribution >= 0.6 is 0 Å². The van der Waals surface area contributed by atoms with E-state index in [-0.39, 0.29) is 5.91 Å². The van der Waals surface area contributed by atoms with E-state index >= 15 is 0 Å². The second-order valence-corrected chi connectivity index (χ2v) is 6.88. The Hall–Kier alpha value is -3.28. The number of carbonyl (C=O) groups excluding carboxylic acids is 2. The second kappa shape index (κ2) is 9.28. The molecule has 0 saturated carbocycles. The van der Waals surface area contributed by atoms with E-state index in [0.717, 1.165) is 24.9 Å². The Morgan fingerprint density at radius 2 is 1.69 bits per heavy atom. The SMILES string of the molecule is COc1cc(/C=C/C(=O)O[C@H](C)C(=O)Nc2ccc3c(c2)CCC3)cc(OC)c1. The summed E-state index contributed by atoms with van der Waals surface area (Å²) in [6, 6.07) is 11.2. The summed E-state index contributed by atoms with van der Waals surface area (Å²) in [5.74, 6) is 0.245. The zero-order chi connectivity index (χ0) is 20.8. The standard InChI is InChI=1S/C23H25NO5/c1-15(23(26)24-19-9-8-17-5-4-6-18(17)13-19)29-22(25)10-7-16-11-20(27-2)14-21(12-16)28-3/h7-15H,4-6H2,1-3H3,(H,24,26)/b10-7+/t15-/m1/s1. The van der Waals surface area contributed by atoms with Gasteiger partial charge in [0.15, 0.2) is 6.10 Å². The Balaban J connectivity index is 1.57. The van der Waals surface area contributed by atoms with Crippen LogP contribution in [0.5, 0.6) is 11.5 Å². The van der Waals surface area contributed by atoms with Crippen molar-refractivity contribution >= 4 is 23.6 Å². The Kier molecular flexibility index (Phi) is 6.54. The van der Waals surface area contributed by atoms with Crippen molar-refractivity contribution in [3.05, 3.63) is 59.2 Å². The maximum Gasteiger partial charge on any atom is 0.331 e. The molecule has 1 aliphatic rings. The number of hydrogen-bond acceptors (Lipinski definition) is 5. The van der Waals surface area contributed by atoms with Gasteiger partial charge in [0.2, 0.25) is 0 Å². The molecule has 0 spiro atoms. The lowest BCUT2D eigenvalue weighted by Gasteiger charge is -2.13. The number of benzene rings is 2.